The largest absolute Gasteiger partial charge is 0.417 e. The molecule has 1 aromatic carbocycles. The lowest BCUT2D eigenvalue weighted by Gasteiger charge is -2.10. The first-order chi connectivity index (χ1) is 7.00. The molecule has 0 atom stereocenters. The van der Waals surface area contributed by atoms with Gasteiger partial charge in [-0.05, 0) is 24.6 Å². The third kappa shape index (κ3) is 1.67. The average Bonchev–Trinajstić information content (AvgIpc) is 2.17. The molecule has 15 heavy (non-hydrogen) atoms. The van der Waals surface area contributed by atoms with Crippen LogP contribution in [0.25, 0.3) is 10.9 Å². The van der Waals surface area contributed by atoms with Crippen LogP contribution >= 0.6 is 0 Å². The second-order valence-corrected chi connectivity index (χ2v) is 3.33. The molecule has 0 bridgehead atoms. The Hall–Kier alpha value is -1.58. The molecule has 0 aliphatic rings. The molecule has 0 spiro atoms. The summed E-state index contributed by atoms with van der Waals surface area (Å²) in [4.78, 5) is 3.95. The van der Waals surface area contributed by atoms with Gasteiger partial charge in [-0.2, -0.15) is 13.2 Å². The van der Waals surface area contributed by atoms with Gasteiger partial charge in [0.2, 0.25) is 0 Å². The molecule has 2 rings (SSSR count). The summed E-state index contributed by atoms with van der Waals surface area (Å²) in [6, 6.07) is 5.49. The molecule has 0 unspecified atom stereocenters. The van der Waals surface area contributed by atoms with E-state index in [0.717, 1.165) is 11.6 Å². The Labute approximate surface area is 84.6 Å². The van der Waals surface area contributed by atoms with Crippen LogP contribution in [-0.4, -0.2) is 4.98 Å². The lowest BCUT2D eigenvalue weighted by molar-refractivity contribution is -0.136. The van der Waals surface area contributed by atoms with E-state index in [-0.39, 0.29) is 5.39 Å². The molecule has 0 aliphatic heterocycles. The van der Waals surface area contributed by atoms with E-state index in [1.807, 2.05) is 0 Å². The van der Waals surface area contributed by atoms with Gasteiger partial charge in [-0.25, -0.2) is 0 Å². The second kappa shape index (κ2) is 3.22. The molecule has 0 fully saturated rings. The van der Waals surface area contributed by atoms with Crippen molar-refractivity contribution in [3.8, 4) is 0 Å². The van der Waals surface area contributed by atoms with Gasteiger partial charge in [0.1, 0.15) is 0 Å². The zero-order chi connectivity index (χ0) is 11.1. The molecule has 78 valence electrons. The third-order valence-corrected chi connectivity index (χ3v) is 2.28. The molecular formula is C11H8F3N. The maximum absolute atomic E-state index is 12.6. The molecule has 0 radical (unpaired) electrons. The number of aromatic nitrogens is 1. The van der Waals surface area contributed by atoms with Crippen LogP contribution in [0.15, 0.2) is 30.5 Å². The van der Waals surface area contributed by atoms with E-state index in [2.05, 4.69) is 4.98 Å². The van der Waals surface area contributed by atoms with Crippen molar-refractivity contribution in [2.45, 2.75) is 13.1 Å². The number of aryl methyl sites for hydroxylation is 1. The molecule has 0 saturated heterocycles. The van der Waals surface area contributed by atoms with E-state index < -0.39 is 11.7 Å². The van der Waals surface area contributed by atoms with Crippen LogP contribution < -0.4 is 0 Å². The minimum absolute atomic E-state index is 0.157. The smallest absolute Gasteiger partial charge is 0.256 e. The standard InChI is InChI=1S/C11H8F3N/c1-7-4-5-9(11(12,13)14)8-3-2-6-15-10(7)8/h2-6H,1H3. The fraction of sp³-hybridized carbons (Fsp3) is 0.182. The van der Waals surface area contributed by atoms with Crippen LogP contribution in [0.2, 0.25) is 0 Å². The molecule has 2 aromatic rings. The summed E-state index contributed by atoms with van der Waals surface area (Å²) < 4.78 is 37.9. The lowest BCUT2D eigenvalue weighted by atomic mass is 10.0. The van der Waals surface area contributed by atoms with Gasteiger partial charge in [0, 0.05) is 11.6 Å². The molecule has 0 saturated carbocycles. The van der Waals surface area contributed by atoms with Crippen molar-refractivity contribution >= 4 is 10.9 Å². The van der Waals surface area contributed by atoms with Gasteiger partial charge >= 0.3 is 6.18 Å². The van der Waals surface area contributed by atoms with E-state index in [9.17, 15) is 13.2 Å². The zero-order valence-electron chi connectivity index (χ0n) is 7.97. The Morgan fingerprint density at radius 3 is 2.53 bits per heavy atom. The number of halogens is 3. The van der Waals surface area contributed by atoms with Gasteiger partial charge in [-0.1, -0.05) is 12.1 Å². The molecule has 0 N–H and O–H groups in total. The predicted molar refractivity (Wildman–Crippen MR) is 51.5 cm³/mol. The molecule has 1 aromatic heterocycles. The fourth-order valence-corrected chi connectivity index (χ4v) is 1.56. The highest BCUT2D eigenvalue weighted by Gasteiger charge is 2.32. The Balaban J connectivity index is 2.84. The van der Waals surface area contributed by atoms with E-state index in [4.69, 9.17) is 0 Å². The van der Waals surface area contributed by atoms with Crippen molar-refractivity contribution in [3.63, 3.8) is 0 Å². The second-order valence-electron chi connectivity index (χ2n) is 3.33. The van der Waals surface area contributed by atoms with E-state index in [1.54, 1.807) is 6.92 Å². The number of nitrogens with zero attached hydrogens (tertiary/aromatic N) is 1. The van der Waals surface area contributed by atoms with E-state index in [1.165, 1.54) is 24.4 Å². The van der Waals surface area contributed by atoms with E-state index in [0.29, 0.717) is 5.52 Å². The first kappa shape index (κ1) is 9.96. The fourth-order valence-electron chi connectivity index (χ4n) is 1.56. The zero-order valence-corrected chi connectivity index (χ0v) is 7.97. The Kier molecular flexibility index (Phi) is 2.14. The van der Waals surface area contributed by atoms with Gasteiger partial charge in [-0.3, -0.25) is 4.98 Å². The highest BCUT2D eigenvalue weighted by Crippen LogP contribution is 2.34. The Bertz CT molecular complexity index is 503. The number of pyridine rings is 1. The summed E-state index contributed by atoms with van der Waals surface area (Å²) >= 11 is 0. The first-order valence-electron chi connectivity index (χ1n) is 4.41. The van der Waals surface area contributed by atoms with Gasteiger partial charge in [0.15, 0.2) is 0 Å². The minimum Gasteiger partial charge on any atom is -0.256 e. The van der Waals surface area contributed by atoms with Gasteiger partial charge < -0.3 is 0 Å². The summed E-state index contributed by atoms with van der Waals surface area (Å²) in [5.74, 6) is 0. The topological polar surface area (TPSA) is 12.9 Å². The SMILES string of the molecule is Cc1ccc(C(F)(F)F)c2cccnc12. The summed E-state index contributed by atoms with van der Waals surface area (Å²) in [7, 11) is 0. The Morgan fingerprint density at radius 1 is 1.13 bits per heavy atom. The number of alkyl halides is 3. The van der Waals surface area contributed by atoms with Gasteiger partial charge in [-0.15, -0.1) is 0 Å². The number of hydrogen-bond donors (Lipinski definition) is 0. The Morgan fingerprint density at radius 2 is 1.87 bits per heavy atom. The summed E-state index contributed by atoms with van der Waals surface area (Å²) in [6.07, 6.45) is -2.83. The summed E-state index contributed by atoms with van der Waals surface area (Å²) in [5.41, 5.74) is 0.530. The summed E-state index contributed by atoms with van der Waals surface area (Å²) in [5, 5.41) is 0.157. The van der Waals surface area contributed by atoms with Crippen molar-refractivity contribution in [1.82, 2.24) is 4.98 Å². The van der Waals surface area contributed by atoms with Crippen molar-refractivity contribution in [2.75, 3.05) is 0 Å². The first-order valence-corrected chi connectivity index (χ1v) is 4.41. The number of benzene rings is 1. The van der Waals surface area contributed by atoms with Crippen molar-refractivity contribution in [1.29, 1.82) is 0 Å². The molecule has 0 aliphatic carbocycles. The van der Waals surface area contributed by atoms with Crippen LogP contribution in [0.3, 0.4) is 0 Å². The highest BCUT2D eigenvalue weighted by molar-refractivity contribution is 5.85. The monoisotopic (exact) mass is 211 g/mol. The van der Waals surface area contributed by atoms with Crippen molar-refractivity contribution in [3.05, 3.63) is 41.6 Å². The number of fused-ring (bicyclic) bond motifs is 1. The normalized spacial score (nSPS) is 12.0. The number of hydrogen-bond acceptors (Lipinski definition) is 1. The molecule has 1 heterocycles. The predicted octanol–water partition coefficient (Wildman–Crippen LogP) is 3.56. The molecule has 4 heteroatoms. The van der Waals surface area contributed by atoms with Crippen LogP contribution in [0, 0.1) is 6.92 Å². The maximum atomic E-state index is 12.6. The maximum Gasteiger partial charge on any atom is 0.417 e. The molecule has 0 amide bonds. The van der Waals surface area contributed by atoms with Crippen LogP contribution in [0.4, 0.5) is 13.2 Å². The summed E-state index contributed by atoms with van der Waals surface area (Å²) in [6.45, 7) is 1.75. The minimum atomic E-state index is -4.32. The number of rotatable bonds is 0. The van der Waals surface area contributed by atoms with Crippen molar-refractivity contribution in [2.24, 2.45) is 0 Å². The van der Waals surface area contributed by atoms with Gasteiger partial charge in [0.05, 0.1) is 11.1 Å². The quantitative estimate of drug-likeness (QED) is 0.649. The lowest BCUT2D eigenvalue weighted by Crippen LogP contribution is -2.06. The molecular weight excluding hydrogens is 203 g/mol. The van der Waals surface area contributed by atoms with Crippen LogP contribution in [0.1, 0.15) is 11.1 Å². The molecule has 1 nitrogen and oxygen atoms in total. The van der Waals surface area contributed by atoms with Crippen LogP contribution in [0.5, 0.6) is 0 Å². The van der Waals surface area contributed by atoms with Crippen LogP contribution in [-0.2, 0) is 6.18 Å². The highest BCUT2D eigenvalue weighted by atomic mass is 19.4. The average molecular weight is 211 g/mol. The van der Waals surface area contributed by atoms with E-state index >= 15 is 0 Å². The third-order valence-electron chi connectivity index (χ3n) is 2.28. The van der Waals surface area contributed by atoms with Gasteiger partial charge in [0.25, 0.3) is 0 Å². The van der Waals surface area contributed by atoms with Crippen molar-refractivity contribution < 1.29 is 13.2 Å².